The number of guanidine groups is 1. The van der Waals surface area contributed by atoms with E-state index in [-0.39, 0.29) is 0 Å². The molecule has 0 amide bonds. The lowest BCUT2D eigenvalue weighted by Crippen LogP contribution is -2.40. The van der Waals surface area contributed by atoms with Gasteiger partial charge in [-0.25, -0.2) is 4.99 Å². The molecule has 1 saturated heterocycles. The number of likely N-dealkylation sites (tertiary alicyclic amines) is 1. The van der Waals surface area contributed by atoms with Crippen LogP contribution in [0.15, 0.2) is 41.9 Å². The van der Waals surface area contributed by atoms with Crippen LogP contribution in [0.1, 0.15) is 18.9 Å². The molecule has 0 spiro atoms. The summed E-state index contributed by atoms with van der Waals surface area (Å²) in [6, 6.07) is 8.02. The van der Waals surface area contributed by atoms with Gasteiger partial charge in [-0.1, -0.05) is 30.9 Å². The molecule has 5 nitrogen and oxygen atoms in total. The molecule has 0 bridgehead atoms. The van der Waals surface area contributed by atoms with Crippen molar-refractivity contribution in [3.05, 3.63) is 42.5 Å². The molecular weight excluding hydrogens is 300 g/mol. The Morgan fingerprint density at radius 1 is 1.42 bits per heavy atom. The lowest BCUT2D eigenvalue weighted by Gasteiger charge is -2.15. The van der Waals surface area contributed by atoms with Gasteiger partial charge >= 0.3 is 0 Å². The maximum Gasteiger partial charge on any atom is 0.191 e. The molecule has 1 heterocycles. The van der Waals surface area contributed by atoms with Gasteiger partial charge in [0.1, 0.15) is 12.4 Å². The molecule has 2 rings (SSSR count). The summed E-state index contributed by atoms with van der Waals surface area (Å²) in [5, 5.41) is 6.79. The van der Waals surface area contributed by atoms with Crippen molar-refractivity contribution >= 4 is 5.96 Å². The molecule has 5 heteroatoms. The molecule has 24 heavy (non-hydrogen) atoms. The van der Waals surface area contributed by atoms with E-state index in [0.717, 1.165) is 36.9 Å². The van der Waals surface area contributed by atoms with Gasteiger partial charge in [0.2, 0.25) is 0 Å². The van der Waals surface area contributed by atoms with Crippen LogP contribution >= 0.6 is 0 Å². The summed E-state index contributed by atoms with van der Waals surface area (Å²) in [4.78, 5) is 7.09. The Morgan fingerprint density at radius 3 is 2.96 bits per heavy atom. The summed E-state index contributed by atoms with van der Waals surface area (Å²) in [7, 11) is 2.18. The van der Waals surface area contributed by atoms with Crippen LogP contribution < -0.4 is 15.4 Å². The predicted octanol–water partition coefficient (Wildman–Crippen LogP) is 2.26. The zero-order chi connectivity index (χ0) is 17.2. The zero-order valence-corrected chi connectivity index (χ0v) is 14.9. The number of hydrogen-bond acceptors (Lipinski definition) is 3. The molecule has 0 aromatic heterocycles. The molecule has 1 aliphatic rings. The minimum Gasteiger partial charge on any atom is -0.489 e. The number of nitrogens with one attached hydrogen (secondary N) is 2. The zero-order valence-electron chi connectivity index (χ0n) is 14.9. The second kappa shape index (κ2) is 9.98. The molecule has 1 unspecified atom stereocenters. The first-order chi connectivity index (χ1) is 11.7. The average Bonchev–Trinajstić information content (AvgIpc) is 3.01. The summed E-state index contributed by atoms with van der Waals surface area (Å²) in [6.45, 7) is 11.0. The summed E-state index contributed by atoms with van der Waals surface area (Å²) >= 11 is 0. The minimum atomic E-state index is 0.508. The SMILES string of the molecule is C=CCOc1ccccc1CN=C(NCC)NCC1CCN(C)C1. The highest BCUT2D eigenvalue weighted by Crippen LogP contribution is 2.19. The molecule has 0 radical (unpaired) electrons. The molecular formula is C19H30N4O. The first-order valence-corrected chi connectivity index (χ1v) is 8.75. The summed E-state index contributed by atoms with van der Waals surface area (Å²) in [5.41, 5.74) is 1.08. The van der Waals surface area contributed by atoms with Crippen LogP contribution in [0.4, 0.5) is 0 Å². The number of benzene rings is 1. The number of rotatable bonds is 8. The first-order valence-electron chi connectivity index (χ1n) is 8.75. The van der Waals surface area contributed by atoms with Gasteiger partial charge < -0.3 is 20.3 Å². The maximum atomic E-state index is 5.70. The summed E-state index contributed by atoms with van der Waals surface area (Å²) < 4.78 is 5.70. The van der Waals surface area contributed by atoms with E-state index in [9.17, 15) is 0 Å². The van der Waals surface area contributed by atoms with Crippen LogP contribution in [0.2, 0.25) is 0 Å². The Labute approximate surface area is 145 Å². The van der Waals surface area contributed by atoms with E-state index in [1.807, 2.05) is 18.2 Å². The van der Waals surface area contributed by atoms with E-state index >= 15 is 0 Å². The van der Waals surface area contributed by atoms with E-state index in [1.54, 1.807) is 6.08 Å². The molecule has 2 N–H and O–H groups in total. The quantitative estimate of drug-likeness (QED) is 0.436. The summed E-state index contributed by atoms with van der Waals surface area (Å²) in [5.74, 6) is 2.43. The second-order valence-corrected chi connectivity index (χ2v) is 6.20. The Hall–Kier alpha value is -2.01. The van der Waals surface area contributed by atoms with E-state index in [0.29, 0.717) is 19.1 Å². The van der Waals surface area contributed by atoms with Gasteiger partial charge in [0.25, 0.3) is 0 Å². The fraction of sp³-hybridized carbons (Fsp3) is 0.526. The number of ether oxygens (including phenoxy) is 1. The molecule has 132 valence electrons. The van der Waals surface area contributed by atoms with Crippen molar-refractivity contribution in [3.8, 4) is 5.75 Å². The van der Waals surface area contributed by atoms with Crippen LogP contribution in [0.5, 0.6) is 5.75 Å². The Bertz CT molecular complexity index is 544. The van der Waals surface area contributed by atoms with Crippen LogP contribution in [-0.4, -0.2) is 50.7 Å². The molecule has 1 aromatic carbocycles. The van der Waals surface area contributed by atoms with Crippen molar-refractivity contribution in [2.75, 3.05) is 39.8 Å². The number of para-hydroxylation sites is 1. The van der Waals surface area contributed by atoms with Crippen molar-refractivity contribution in [2.45, 2.75) is 19.9 Å². The van der Waals surface area contributed by atoms with Crippen LogP contribution in [0.3, 0.4) is 0 Å². The largest absolute Gasteiger partial charge is 0.489 e. The van der Waals surface area contributed by atoms with Gasteiger partial charge in [0, 0.05) is 25.2 Å². The fourth-order valence-corrected chi connectivity index (χ4v) is 2.86. The fourth-order valence-electron chi connectivity index (χ4n) is 2.86. The van der Waals surface area contributed by atoms with Crippen molar-refractivity contribution in [1.82, 2.24) is 15.5 Å². The highest BCUT2D eigenvalue weighted by Gasteiger charge is 2.19. The van der Waals surface area contributed by atoms with Crippen molar-refractivity contribution in [2.24, 2.45) is 10.9 Å². The monoisotopic (exact) mass is 330 g/mol. The number of hydrogen-bond donors (Lipinski definition) is 2. The predicted molar refractivity (Wildman–Crippen MR) is 101 cm³/mol. The third-order valence-corrected chi connectivity index (χ3v) is 4.13. The standard InChI is InChI=1S/C19H30N4O/c1-4-12-24-18-9-7-6-8-17(18)14-22-19(20-5-2)21-13-16-10-11-23(3)15-16/h4,6-9,16H,1,5,10-15H2,2-3H3,(H2,20,21,22). The van der Waals surface area contributed by atoms with Crippen molar-refractivity contribution in [1.29, 1.82) is 0 Å². The van der Waals surface area contributed by atoms with E-state index < -0.39 is 0 Å². The van der Waals surface area contributed by atoms with Crippen molar-refractivity contribution in [3.63, 3.8) is 0 Å². The van der Waals surface area contributed by atoms with Crippen molar-refractivity contribution < 1.29 is 4.74 Å². The smallest absolute Gasteiger partial charge is 0.191 e. The lowest BCUT2D eigenvalue weighted by molar-refractivity contribution is 0.359. The average molecular weight is 330 g/mol. The second-order valence-electron chi connectivity index (χ2n) is 6.20. The Morgan fingerprint density at radius 2 is 2.25 bits per heavy atom. The molecule has 0 aliphatic carbocycles. The maximum absolute atomic E-state index is 5.70. The van der Waals surface area contributed by atoms with Gasteiger partial charge in [0.05, 0.1) is 6.54 Å². The van der Waals surface area contributed by atoms with Gasteiger partial charge in [-0.2, -0.15) is 0 Å². The molecule has 0 saturated carbocycles. The topological polar surface area (TPSA) is 48.9 Å². The first kappa shape index (κ1) is 18.3. The van der Waals surface area contributed by atoms with Gasteiger partial charge in [-0.15, -0.1) is 0 Å². The molecule has 1 atom stereocenters. The minimum absolute atomic E-state index is 0.508. The number of nitrogens with zero attached hydrogens (tertiary/aromatic N) is 2. The molecule has 1 fully saturated rings. The molecule has 1 aromatic rings. The van der Waals surface area contributed by atoms with Gasteiger partial charge in [0.15, 0.2) is 5.96 Å². The van der Waals surface area contributed by atoms with Gasteiger partial charge in [-0.05, 0) is 38.9 Å². The third kappa shape index (κ3) is 5.89. The van der Waals surface area contributed by atoms with Crippen LogP contribution in [0.25, 0.3) is 0 Å². The Balaban J connectivity index is 1.93. The van der Waals surface area contributed by atoms with Gasteiger partial charge in [-0.3, -0.25) is 0 Å². The normalized spacial score (nSPS) is 18.4. The number of aliphatic imine (C=N–C) groups is 1. The Kier molecular flexibility index (Phi) is 7.62. The van der Waals surface area contributed by atoms with E-state index in [1.165, 1.54) is 13.0 Å². The van der Waals surface area contributed by atoms with E-state index in [4.69, 9.17) is 9.73 Å². The molecule has 1 aliphatic heterocycles. The van der Waals surface area contributed by atoms with E-state index in [2.05, 4.69) is 42.2 Å². The highest BCUT2D eigenvalue weighted by molar-refractivity contribution is 5.79. The highest BCUT2D eigenvalue weighted by atomic mass is 16.5. The lowest BCUT2D eigenvalue weighted by atomic mass is 10.1. The third-order valence-electron chi connectivity index (χ3n) is 4.13. The van der Waals surface area contributed by atoms with Crippen LogP contribution in [-0.2, 0) is 6.54 Å². The van der Waals surface area contributed by atoms with Crippen LogP contribution in [0, 0.1) is 5.92 Å². The summed E-state index contributed by atoms with van der Waals surface area (Å²) in [6.07, 6.45) is 3.01.